The SMILES string of the molecule is NN1CCC(O)C(CC2CC2)C1. The van der Waals surface area contributed by atoms with E-state index < -0.39 is 0 Å². The van der Waals surface area contributed by atoms with Crippen molar-refractivity contribution in [3.8, 4) is 0 Å². The second kappa shape index (κ2) is 3.32. The first-order chi connectivity index (χ1) is 5.75. The van der Waals surface area contributed by atoms with Crippen LogP contribution in [0, 0.1) is 11.8 Å². The van der Waals surface area contributed by atoms with Gasteiger partial charge in [-0.1, -0.05) is 12.8 Å². The predicted octanol–water partition coefficient (Wildman–Crippen LogP) is 0.343. The summed E-state index contributed by atoms with van der Waals surface area (Å²) in [5.41, 5.74) is 0. The van der Waals surface area contributed by atoms with Crippen LogP contribution in [0.3, 0.4) is 0 Å². The molecule has 1 heterocycles. The molecule has 0 aromatic rings. The lowest BCUT2D eigenvalue weighted by molar-refractivity contribution is 0.0203. The van der Waals surface area contributed by atoms with Gasteiger partial charge in [-0.2, -0.15) is 0 Å². The molecule has 3 N–H and O–H groups in total. The van der Waals surface area contributed by atoms with E-state index in [4.69, 9.17) is 5.84 Å². The summed E-state index contributed by atoms with van der Waals surface area (Å²) in [5, 5.41) is 11.5. The van der Waals surface area contributed by atoms with E-state index in [9.17, 15) is 5.11 Å². The molecule has 2 unspecified atom stereocenters. The van der Waals surface area contributed by atoms with E-state index in [1.54, 1.807) is 0 Å². The smallest absolute Gasteiger partial charge is 0.0594 e. The van der Waals surface area contributed by atoms with Crippen LogP contribution in [0.15, 0.2) is 0 Å². The predicted molar refractivity (Wildman–Crippen MR) is 47.2 cm³/mol. The minimum absolute atomic E-state index is 0.0922. The molecule has 70 valence electrons. The van der Waals surface area contributed by atoms with Gasteiger partial charge in [0.05, 0.1) is 6.10 Å². The molecule has 12 heavy (non-hydrogen) atoms. The molecule has 3 nitrogen and oxygen atoms in total. The van der Waals surface area contributed by atoms with Crippen LogP contribution in [0.25, 0.3) is 0 Å². The molecule has 3 heteroatoms. The van der Waals surface area contributed by atoms with Crippen LogP contribution < -0.4 is 5.84 Å². The van der Waals surface area contributed by atoms with Crippen molar-refractivity contribution in [3.05, 3.63) is 0 Å². The van der Waals surface area contributed by atoms with Gasteiger partial charge in [0, 0.05) is 13.1 Å². The number of hydrazine groups is 1. The van der Waals surface area contributed by atoms with E-state index in [0.717, 1.165) is 25.4 Å². The van der Waals surface area contributed by atoms with E-state index in [0.29, 0.717) is 5.92 Å². The molecule has 0 aromatic heterocycles. The van der Waals surface area contributed by atoms with E-state index in [1.165, 1.54) is 19.3 Å². The van der Waals surface area contributed by atoms with Gasteiger partial charge in [0.15, 0.2) is 0 Å². The number of aliphatic hydroxyl groups excluding tert-OH is 1. The first-order valence-electron chi connectivity index (χ1n) is 4.93. The monoisotopic (exact) mass is 170 g/mol. The van der Waals surface area contributed by atoms with Crippen LogP contribution in [0.4, 0.5) is 0 Å². The molecule has 2 rings (SSSR count). The summed E-state index contributed by atoms with van der Waals surface area (Å²) in [4.78, 5) is 0. The van der Waals surface area contributed by atoms with E-state index >= 15 is 0 Å². The molecule has 0 amide bonds. The van der Waals surface area contributed by atoms with Crippen LogP contribution in [-0.4, -0.2) is 29.3 Å². The lowest BCUT2D eigenvalue weighted by Gasteiger charge is -2.33. The summed E-state index contributed by atoms with van der Waals surface area (Å²) < 4.78 is 0. The van der Waals surface area contributed by atoms with E-state index in [1.807, 2.05) is 5.01 Å². The van der Waals surface area contributed by atoms with Crippen molar-refractivity contribution < 1.29 is 5.11 Å². The van der Waals surface area contributed by atoms with Gasteiger partial charge in [-0.05, 0) is 24.7 Å². The summed E-state index contributed by atoms with van der Waals surface area (Å²) in [6, 6.07) is 0. The highest BCUT2D eigenvalue weighted by atomic mass is 16.3. The highest BCUT2D eigenvalue weighted by Gasteiger charge is 2.32. The van der Waals surface area contributed by atoms with Gasteiger partial charge in [0.25, 0.3) is 0 Å². The molecule has 0 spiro atoms. The van der Waals surface area contributed by atoms with Crippen molar-refractivity contribution in [2.24, 2.45) is 17.7 Å². The van der Waals surface area contributed by atoms with Crippen LogP contribution in [0.1, 0.15) is 25.7 Å². The molecule has 0 aromatic carbocycles. The second-order valence-electron chi connectivity index (χ2n) is 4.29. The molecule has 1 aliphatic heterocycles. The molecule has 0 radical (unpaired) electrons. The lowest BCUT2D eigenvalue weighted by Crippen LogP contribution is -2.46. The summed E-state index contributed by atoms with van der Waals surface area (Å²) in [6.45, 7) is 1.74. The van der Waals surface area contributed by atoms with Crippen molar-refractivity contribution in [3.63, 3.8) is 0 Å². The first-order valence-corrected chi connectivity index (χ1v) is 4.93. The number of rotatable bonds is 2. The summed E-state index contributed by atoms with van der Waals surface area (Å²) >= 11 is 0. The second-order valence-corrected chi connectivity index (χ2v) is 4.29. The van der Waals surface area contributed by atoms with Gasteiger partial charge < -0.3 is 5.11 Å². The summed E-state index contributed by atoms with van der Waals surface area (Å²) in [7, 11) is 0. The Labute approximate surface area is 73.5 Å². The van der Waals surface area contributed by atoms with E-state index in [-0.39, 0.29) is 6.10 Å². The van der Waals surface area contributed by atoms with Gasteiger partial charge in [-0.15, -0.1) is 0 Å². The van der Waals surface area contributed by atoms with Gasteiger partial charge in [0.2, 0.25) is 0 Å². The zero-order valence-electron chi connectivity index (χ0n) is 7.45. The normalized spacial score (nSPS) is 38.5. The summed E-state index contributed by atoms with van der Waals surface area (Å²) in [5.74, 6) is 7.05. The summed E-state index contributed by atoms with van der Waals surface area (Å²) in [6.07, 6.45) is 4.69. The largest absolute Gasteiger partial charge is 0.393 e. The molecule has 2 aliphatic rings. The van der Waals surface area contributed by atoms with Crippen molar-refractivity contribution in [1.82, 2.24) is 5.01 Å². The first kappa shape index (κ1) is 8.48. The zero-order chi connectivity index (χ0) is 8.55. The molecule has 1 saturated heterocycles. The standard InChI is InChI=1S/C9H18N2O/c10-11-4-3-9(12)8(6-11)5-7-1-2-7/h7-9,12H,1-6,10H2. The Balaban J connectivity index is 1.82. The van der Waals surface area contributed by atoms with Crippen LogP contribution in [0.5, 0.6) is 0 Å². The van der Waals surface area contributed by atoms with Crippen LogP contribution in [0.2, 0.25) is 0 Å². The molecular formula is C9H18N2O. The van der Waals surface area contributed by atoms with Gasteiger partial charge in [0.1, 0.15) is 0 Å². The van der Waals surface area contributed by atoms with Gasteiger partial charge in [-0.3, -0.25) is 5.84 Å². The fourth-order valence-corrected chi connectivity index (χ4v) is 2.06. The van der Waals surface area contributed by atoms with Crippen molar-refractivity contribution in [2.45, 2.75) is 31.8 Å². The maximum atomic E-state index is 9.68. The number of nitrogens with zero attached hydrogens (tertiary/aromatic N) is 1. The number of nitrogens with two attached hydrogens (primary N) is 1. The number of hydrogen-bond donors (Lipinski definition) is 2. The molecule has 0 bridgehead atoms. The molecule has 1 aliphatic carbocycles. The highest BCUT2D eigenvalue weighted by Crippen LogP contribution is 2.37. The van der Waals surface area contributed by atoms with Crippen molar-refractivity contribution >= 4 is 0 Å². The van der Waals surface area contributed by atoms with Crippen molar-refractivity contribution in [2.75, 3.05) is 13.1 Å². The number of aliphatic hydroxyl groups is 1. The zero-order valence-corrected chi connectivity index (χ0v) is 7.45. The van der Waals surface area contributed by atoms with Crippen LogP contribution in [-0.2, 0) is 0 Å². The fourth-order valence-electron chi connectivity index (χ4n) is 2.06. The Kier molecular flexibility index (Phi) is 2.35. The topological polar surface area (TPSA) is 49.5 Å². The Bertz CT molecular complexity index is 157. The maximum absolute atomic E-state index is 9.68. The molecule has 2 atom stereocenters. The third-order valence-electron chi connectivity index (χ3n) is 3.06. The van der Waals surface area contributed by atoms with Gasteiger partial charge in [-0.25, -0.2) is 5.01 Å². The average molecular weight is 170 g/mol. The van der Waals surface area contributed by atoms with Gasteiger partial charge >= 0.3 is 0 Å². The number of piperidine rings is 1. The highest BCUT2D eigenvalue weighted by molar-refractivity contribution is 4.84. The van der Waals surface area contributed by atoms with Crippen molar-refractivity contribution in [1.29, 1.82) is 0 Å². The molecule has 2 fully saturated rings. The Morgan fingerprint density at radius 1 is 1.33 bits per heavy atom. The Morgan fingerprint density at radius 3 is 2.75 bits per heavy atom. The average Bonchev–Trinajstić information content (AvgIpc) is 2.81. The Hall–Kier alpha value is -0.120. The number of hydrogen-bond acceptors (Lipinski definition) is 3. The third kappa shape index (κ3) is 1.97. The fraction of sp³-hybridized carbons (Fsp3) is 1.00. The minimum Gasteiger partial charge on any atom is -0.393 e. The molecule has 1 saturated carbocycles. The maximum Gasteiger partial charge on any atom is 0.0594 e. The third-order valence-corrected chi connectivity index (χ3v) is 3.06. The lowest BCUT2D eigenvalue weighted by atomic mass is 9.91. The Morgan fingerprint density at radius 2 is 2.08 bits per heavy atom. The quantitative estimate of drug-likeness (QED) is 0.588. The van der Waals surface area contributed by atoms with Crippen LogP contribution >= 0.6 is 0 Å². The molecular weight excluding hydrogens is 152 g/mol. The minimum atomic E-state index is -0.0922. The van der Waals surface area contributed by atoms with E-state index in [2.05, 4.69) is 0 Å².